The fourth-order valence-electron chi connectivity index (χ4n) is 7.83. The first kappa shape index (κ1) is 20.4. The second-order valence-electron chi connectivity index (χ2n) is 10.8. The maximum Gasteiger partial charge on any atom is 0.417 e. The largest absolute Gasteiger partial charge is 0.417 e. The molecule has 2 aromatic rings. The quantitative estimate of drug-likeness (QED) is 0.676. The molecule has 4 aliphatic carbocycles. The molecule has 0 N–H and O–H groups in total. The van der Waals surface area contributed by atoms with E-state index in [9.17, 15) is 21.6 Å². The Morgan fingerprint density at radius 1 is 1.18 bits per heavy atom. The Hall–Kier alpha value is -1.94. The summed E-state index contributed by atoms with van der Waals surface area (Å²) in [6, 6.07) is 3.60. The number of sulfone groups is 1. The van der Waals surface area contributed by atoms with Crippen LogP contribution in [0.5, 0.6) is 0 Å². The molecule has 4 saturated carbocycles. The summed E-state index contributed by atoms with van der Waals surface area (Å²) in [7, 11) is -2.83. The van der Waals surface area contributed by atoms with Crippen LogP contribution in [0.25, 0.3) is 11.3 Å². The van der Waals surface area contributed by atoms with Crippen LogP contribution in [0.2, 0.25) is 0 Å². The number of alkyl halides is 3. The van der Waals surface area contributed by atoms with Crippen molar-refractivity contribution in [2.45, 2.75) is 43.9 Å². The molecule has 6 fully saturated rings. The van der Waals surface area contributed by atoms with E-state index in [1.165, 1.54) is 6.20 Å². The predicted octanol–water partition coefficient (Wildman–Crippen LogP) is 2.99. The number of pyridine rings is 1. The van der Waals surface area contributed by atoms with E-state index in [0.717, 1.165) is 43.9 Å². The highest BCUT2D eigenvalue weighted by molar-refractivity contribution is 7.92. The summed E-state index contributed by atoms with van der Waals surface area (Å²) in [5.74, 6) is 2.48. The van der Waals surface area contributed by atoms with Crippen molar-refractivity contribution in [2.75, 3.05) is 24.6 Å². The van der Waals surface area contributed by atoms with Crippen molar-refractivity contribution in [1.82, 2.24) is 19.7 Å². The monoisotopic (exact) mass is 478 g/mol. The van der Waals surface area contributed by atoms with Crippen molar-refractivity contribution in [3.8, 4) is 11.3 Å². The van der Waals surface area contributed by atoms with Crippen LogP contribution >= 0.6 is 0 Å². The number of fused-ring (bicyclic) bond motifs is 1. The van der Waals surface area contributed by atoms with Gasteiger partial charge in [-0.15, -0.1) is 0 Å². The van der Waals surface area contributed by atoms with Crippen LogP contribution in [0, 0.1) is 23.2 Å². The molecule has 2 saturated heterocycles. The number of rotatable bonds is 4. The third-order valence-electron chi connectivity index (χ3n) is 9.10. The molecule has 10 heteroatoms. The van der Waals surface area contributed by atoms with E-state index < -0.39 is 21.6 Å². The molecular weight excluding hydrogens is 453 g/mol. The molecule has 33 heavy (non-hydrogen) atoms. The molecule has 0 aromatic carbocycles. The molecule has 4 heterocycles. The van der Waals surface area contributed by atoms with Crippen LogP contribution in [0.4, 0.5) is 13.2 Å². The van der Waals surface area contributed by atoms with Crippen molar-refractivity contribution in [2.24, 2.45) is 23.2 Å². The van der Waals surface area contributed by atoms with Gasteiger partial charge in [-0.1, -0.05) is 0 Å². The van der Waals surface area contributed by atoms with Crippen molar-refractivity contribution in [3.05, 3.63) is 35.8 Å². The highest BCUT2D eigenvalue weighted by Crippen LogP contribution is 2.91. The van der Waals surface area contributed by atoms with Gasteiger partial charge in [0.25, 0.3) is 0 Å². The number of aryl methyl sites for hydroxylation is 1. The Bertz CT molecular complexity index is 1270. The van der Waals surface area contributed by atoms with Gasteiger partial charge in [0, 0.05) is 53.6 Å². The lowest BCUT2D eigenvalue weighted by Crippen LogP contribution is -2.50. The van der Waals surface area contributed by atoms with Crippen molar-refractivity contribution in [3.63, 3.8) is 0 Å². The van der Waals surface area contributed by atoms with Gasteiger partial charge in [0.05, 0.1) is 22.8 Å². The van der Waals surface area contributed by atoms with Gasteiger partial charge in [0.1, 0.15) is 0 Å². The molecule has 6 aliphatic rings. The van der Waals surface area contributed by atoms with E-state index >= 15 is 0 Å². The number of halogens is 3. The molecule has 5 atom stereocenters. The third-order valence-corrected chi connectivity index (χ3v) is 11.2. The standard InChI is InChI=1S/C23H25F3N4O2S/c1-2-30-18(7-16(28-30)13-5-14(9-27-8-13)23(24,25)26)22-15-6-17(20(22)19(15)22)29-4-3-21(10-29)11-33(31,32)12-21/h5,7-9,15,17,19-20H,2-4,6,10-12H2,1H3/t15-,17+,19-,20?,22-/m1/s1. The molecule has 0 amide bonds. The Labute approximate surface area is 190 Å². The molecular formula is C23H25F3N4O2S. The highest BCUT2D eigenvalue weighted by Gasteiger charge is 2.93. The minimum absolute atomic E-state index is 0.0246. The van der Waals surface area contributed by atoms with Gasteiger partial charge in [-0.25, -0.2) is 8.42 Å². The molecule has 1 spiro atoms. The zero-order valence-corrected chi connectivity index (χ0v) is 19.0. The Balaban J connectivity index is 1.15. The summed E-state index contributed by atoms with van der Waals surface area (Å²) in [5, 5.41) is 4.66. The lowest BCUT2D eigenvalue weighted by atomic mass is 9.91. The third kappa shape index (κ3) is 2.62. The van der Waals surface area contributed by atoms with Gasteiger partial charge in [0.2, 0.25) is 0 Å². The number of hydrogen-bond donors (Lipinski definition) is 0. The van der Waals surface area contributed by atoms with Crippen LogP contribution in [0.15, 0.2) is 24.5 Å². The van der Waals surface area contributed by atoms with Crippen molar-refractivity contribution >= 4 is 9.84 Å². The molecule has 2 bridgehead atoms. The fraction of sp³-hybridized carbons (Fsp3) is 0.652. The topological polar surface area (TPSA) is 68.1 Å². The van der Waals surface area contributed by atoms with Crippen LogP contribution in [-0.2, 0) is 28.0 Å². The number of aromatic nitrogens is 3. The average molecular weight is 479 g/mol. The second-order valence-corrected chi connectivity index (χ2v) is 12.9. The van der Waals surface area contributed by atoms with E-state index in [1.807, 2.05) is 17.7 Å². The summed E-state index contributed by atoms with van der Waals surface area (Å²) in [5.41, 5.74) is 1.42. The Morgan fingerprint density at radius 3 is 2.64 bits per heavy atom. The van der Waals surface area contributed by atoms with Crippen LogP contribution in [-0.4, -0.2) is 58.7 Å². The zero-order chi connectivity index (χ0) is 23.0. The lowest BCUT2D eigenvalue weighted by Gasteiger charge is -2.38. The van der Waals surface area contributed by atoms with Crippen LogP contribution < -0.4 is 0 Å². The Kier molecular flexibility index (Phi) is 3.71. The number of nitrogens with zero attached hydrogens (tertiary/aromatic N) is 4. The summed E-state index contributed by atoms with van der Waals surface area (Å²) >= 11 is 0. The fourth-order valence-corrected chi connectivity index (χ4v) is 10.1. The number of hydrogen-bond acceptors (Lipinski definition) is 5. The van der Waals surface area contributed by atoms with Gasteiger partial charge in [-0.05, 0) is 56.2 Å². The van der Waals surface area contributed by atoms with Crippen molar-refractivity contribution < 1.29 is 21.6 Å². The minimum Gasteiger partial charge on any atom is -0.299 e. The Morgan fingerprint density at radius 2 is 1.97 bits per heavy atom. The normalized spacial score (nSPS) is 37.2. The van der Waals surface area contributed by atoms with E-state index in [1.54, 1.807) is 0 Å². The summed E-state index contributed by atoms with van der Waals surface area (Å²) < 4.78 is 65.0. The highest BCUT2D eigenvalue weighted by atomic mass is 32.2. The van der Waals surface area contributed by atoms with E-state index in [-0.39, 0.29) is 10.8 Å². The van der Waals surface area contributed by atoms with Gasteiger partial charge >= 0.3 is 6.18 Å². The molecule has 8 rings (SSSR count). The van der Waals surface area contributed by atoms with E-state index in [0.29, 0.717) is 53.1 Å². The smallest absolute Gasteiger partial charge is 0.299 e. The first-order valence-electron chi connectivity index (χ1n) is 11.6. The molecule has 0 radical (unpaired) electrons. The zero-order valence-electron chi connectivity index (χ0n) is 18.2. The molecule has 2 aromatic heterocycles. The predicted molar refractivity (Wildman–Crippen MR) is 114 cm³/mol. The SMILES string of the molecule is CCn1nc(-c2cncc(C(F)(F)F)c2)cc1[C@]12C3[C@@H](N4CCC5(C4)CS(=O)(=O)C5)C[C@@H]1[C@H]32. The first-order chi connectivity index (χ1) is 15.6. The molecule has 176 valence electrons. The number of likely N-dealkylation sites (tertiary alicyclic amines) is 1. The summed E-state index contributed by atoms with van der Waals surface area (Å²) in [4.78, 5) is 6.34. The van der Waals surface area contributed by atoms with Crippen LogP contribution in [0.1, 0.15) is 31.0 Å². The maximum atomic E-state index is 13.2. The lowest BCUT2D eigenvalue weighted by molar-refractivity contribution is -0.137. The van der Waals surface area contributed by atoms with Gasteiger partial charge in [-0.2, -0.15) is 18.3 Å². The summed E-state index contributed by atoms with van der Waals surface area (Å²) in [6.07, 6.45) is -0.0389. The van der Waals surface area contributed by atoms with Crippen molar-refractivity contribution in [1.29, 1.82) is 0 Å². The molecule has 2 aliphatic heterocycles. The second kappa shape index (κ2) is 6.00. The molecule has 6 nitrogen and oxygen atoms in total. The minimum atomic E-state index is -4.44. The van der Waals surface area contributed by atoms with Gasteiger partial charge in [-0.3, -0.25) is 14.6 Å². The van der Waals surface area contributed by atoms with Gasteiger partial charge in [0.15, 0.2) is 9.84 Å². The molecule has 1 unspecified atom stereocenters. The van der Waals surface area contributed by atoms with Crippen LogP contribution in [0.3, 0.4) is 0 Å². The summed E-state index contributed by atoms with van der Waals surface area (Å²) in [6.45, 7) is 4.55. The average Bonchev–Trinajstić information content (AvgIpc) is 3.22. The van der Waals surface area contributed by atoms with E-state index in [2.05, 4.69) is 15.0 Å². The van der Waals surface area contributed by atoms with E-state index in [4.69, 9.17) is 0 Å². The first-order valence-corrected chi connectivity index (χ1v) is 13.5. The van der Waals surface area contributed by atoms with Gasteiger partial charge < -0.3 is 0 Å². The maximum absolute atomic E-state index is 13.2.